The smallest absolute Gasteiger partial charge is 0.308 e. The molecule has 1 aliphatic carbocycles. The maximum Gasteiger partial charge on any atom is 0.308 e. The molecule has 1 fully saturated rings. The van der Waals surface area contributed by atoms with E-state index in [1.165, 1.54) is 55.9 Å². The van der Waals surface area contributed by atoms with Crippen LogP contribution in [0.2, 0.25) is 0 Å². The predicted octanol–water partition coefficient (Wildman–Crippen LogP) is 7.70. The zero-order chi connectivity index (χ0) is 24.9. The monoisotopic (exact) mass is 496 g/mol. The Kier molecular flexibility index (Phi) is 7.23. The van der Waals surface area contributed by atoms with Crippen molar-refractivity contribution in [2.75, 3.05) is 5.32 Å². The average molecular weight is 497 g/mol. The highest BCUT2D eigenvalue weighted by molar-refractivity contribution is 7.14. The number of esters is 1. The molecular weight excluding hydrogens is 468 g/mol. The zero-order valence-electron chi connectivity index (χ0n) is 20.2. The minimum atomic E-state index is -0.358. The highest BCUT2D eigenvalue weighted by Crippen LogP contribution is 2.34. The Balaban J connectivity index is 1.25. The van der Waals surface area contributed by atoms with Crippen molar-refractivity contribution in [1.82, 2.24) is 4.98 Å². The summed E-state index contributed by atoms with van der Waals surface area (Å²) in [5, 5.41) is 5.48. The molecule has 1 heterocycles. The second-order valence-electron chi connectivity index (χ2n) is 9.15. The van der Waals surface area contributed by atoms with E-state index < -0.39 is 0 Å². The lowest BCUT2D eigenvalue weighted by Gasteiger charge is -2.22. The number of nitrogens with one attached hydrogen (secondary N) is 1. The number of hydrogen-bond donors (Lipinski definition) is 1. The molecule has 0 aliphatic heterocycles. The molecule has 4 aromatic rings. The minimum absolute atomic E-state index is 0.207. The van der Waals surface area contributed by atoms with Crippen molar-refractivity contribution in [2.45, 2.75) is 44.9 Å². The first-order valence-electron chi connectivity index (χ1n) is 12.3. The molecule has 0 saturated heterocycles. The van der Waals surface area contributed by atoms with Gasteiger partial charge in [0.15, 0.2) is 5.13 Å². The molecule has 1 amide bonds. The molecule has 0 atom stereocenters. The lowest BCUT2D eigenvalue weighted by atomic mass is 9.84. The van der Waals surface area contributed by atoms with Crippen LogP contribution in [0.1, 0.15) is 60.9 Å². The molecule has 3 aromatic carbocycles. The van der Waals surface area contributed by atoms with Gasteiger partial charge in [0, 0.05) is 23.4 Å². The van der Waals surface area contributed by atoms with Gasteiger partial charge in [0.05, 0.1) is 5.69 Å². The van der Waals surface area contributed by atoms with Gasteiger partial charge in [-0.25, -0.2) is 4.98 Å². The van der Waals surface area contributed by atoms with Crippen LogP contribution in [-0.4, -0.2) is 16.9 Å². The molecule has 36 heavy (non-hydrogen) atoms. The van der Waals surface area contributed by atoms with Gasteiger partial charge in [-0.2, -0.15) is 0 Å². The molecule has 1 aromatic heterocycles. The fraction of sp³-hybridized carbons (Fsp3) is 0.233. The summed E-state index contributed by atoms with van der Waals surface area (Å²) >= 11 is 1.42. The predicted molar refractivity (Wildman–Crippen MR) is 145 cm³/mol. The average Bonchev–Trinajstić information content (AvgIpc) is 3.38. The number of hydrogen-bond acceptors (Lipinski definition) is 5. The van der Waals surface area contributed by atoms with Crippen LogP contribution in [0.3, 0.4) is 0 Å². The van der Waals surface area contributed by atoms with E-state index in [0.717, 1.165) is 22.4 Å². The van der Waals surface area contributed by atoms with Gasteiger partial charge < -0.3 is 4.74 Å². The van der Waals surface area contributed by atoms with Gasteiger partial charge in [-0.1, -0.05) is 67.8 Å². The van der Waals surface area contributed by atoms with Gasteiger partial charge in [0.1, 0.15) is 5.75 Å². The van der Waals surface area contributed by atoms with Crippen LogP contribution in [0.5, 0.6) is 5.75 Å². The summed E-state index contributed by atoms with van der Waals surface area (Å²) in [5.41, 5.74) is 5.72. The lowest BCUT2D eigenvalue weighted by molar-refractivity contribution is -0.131. The standard InChI is InChI=1S/C30H28N2O3S/c1-20(33)35-27-16-14-23(15-17-27)25-8-5-9-26(18-25)29(34)32-30-31-28(19-36-30)24-12-10-22(11-13-24)21-6-3-2-4-7-21/h5,8-19,21H,2-4,6-7H2,1H3,(H,31,32,34). The summed E-state index contributed by atoms with van der Waals surface area (Å²) in [6.07, 6.45) is 6.58. The summed E-state index contributed by atoms with van der Waals surface area (Å²) < 4.78 is 5.09. The van der Waals surface area contributed by atoms with E-state index in [4.69, 9.17) is 4.74 Å². The van der Waals surface area contributed by atoms with Gasteiger partial charge >= 0.3 is 5.97 Å². The molecule has 6 heteroatoms. The summed E-state index contributed by atoms with van der Waals surface area (Å²) in [4.78, 5) is 28.7. The van der Waals surface area contributed by atoms with Crippen LogP contribution < -0.4 is 10.1 Å². The fourth-order valence-corrected chi connectivity index (χ4v) is 5.43. The molecule has 0 unspecified atom stereocenters. The van der Waals surface area contributed by atoms with E-state index in [0.29, 0.717) is 22.4 Å². The quantitative estimate of drug-likeness (QED) is 0.219. The molecule has 0 spiro atoms. The van der Waals surface area contributed by atoms with Crippen molar-refractivity contribution >= 4 is 28.3 Å². The van der Waals surface area contributed by atoms with Crippen LogP contribution in [0.4, 0.5) is 5.13 Å². The first-order chi connectivity index (χ1) is 17.5. The molecule has 0 bridgehead atoms. The van der Waals surface area contributed by atoms with E-state index in [2.05, 4.69) is 34.6 Å². The number of thiazole rings is 1. The summed E-state index contributed by atoms with van der Waals surface area (Å²) in [7, 11) is 0. The number of benzene rings is 3. The SMILES string of the molecule is CC(=O)Oc1ccc(-c2cccc(C(=O)Nc3nc(-c4ccc(C5CCCCC5)cc4)cs3)c2)cc1. The van der Waals surface area contributed by atoms with Gasteiger partial charge in [-0.3, -0.25) is 14.9 Å². The zero-order valence-corrected chi connectivity index (χ0v) is 21.0. The second kappa shape index (κ2) is 10.9. The number of carbonyl (C=O) groups excluding carboxylic acids is 2. The Labute approximate surface area is 215 Å². The first kappa shape index (κ1) is 23.9. The molecule has 1 aliphatic rings. The molecule has 0 radical (unpaired) electrons. The first-order valence-corrected chi connectivity index (χ1v) is 13.2. The van der Waals surface area contributed by atoms with E-state index >= 15 is 0 Å². The number of amides is 1. The maximum atomic E-state index is 12.9. The minimum Gasteiger partial charge on any atom is -0.427 e. The van der Waals surface area contributed by atoms with Gasteiger partial charge in [0.2, 0.25) is 0 Å². The van der Waals surface area contributed by atoms with Gasteiger partial charge in [-0.05, 0) is 59.7 Å². The van der Waals surface area contributed by atoms with Crippen molar-refractivity contribution < 1.29 is 14.3 Å². The number of rotatable bonds is 6. The van der Waals surface area contributed by atoms with E-state index in [1.807, 2.05) is 35.7 Å². The maximum absolute atomic E-state index is 12.9. The van der Waals surface area contributed by atoms with Crippen LogP contribution >= 0.6 is 11.3 Å². The second-order valence-corrected chi connectivity index (χ2v) is 10.0. The highest BCUT2D eigenvalue weighted by atomic mass is 32.1. The molecule has 1 N–H and O–H groups in total. The van der Waals surface area contributed by atoms with Crippen molar-refractivity contribution in [3.8, 4) is 28.1 Å². The normalized spacial score (nSPS) is 13.8. The topological polar surface area (TPSA) is 68.3 Å². The summed E-state index contributed by atoms with van der Waals surface area (Å²) in [6, 6.07) is 23.4. The van der Waals surface area contributed by atoms with Crippen molar-refractivity contribution in [2.24, 2.45) is 0 Å². The Morgan fingerprint density at radius 2 is 1.61 bits per heavy atom. The van der Waals surface area contributed by atoms with Crippen molar-refractivity contribution in [3.05, 3.63) is 89.3 Å². The Morgan fingerprint density at radius 1 is 0.889 bits per heavy atom. The van der Waals surface area contributed by atoms with Crippen LogP contribution in [0.15, 0.2) is 78.2 Å². The molecular formula is C30H28N2O3S. The number of anilines is 1. The van der Waals surface area contributed by atoms with E-state index in [9.17, 15) is 9.59 Å². The van der Waals surface area contributed by atoms with E-state index in [-0.39, 0.29) is 11.9 Å². The highest BCUT2D eigenvalue weighted by Gasteiger charge is 2.16. The van der Waals surface area contributed by atoms with E-state index in [1.54, 1.807) is 18.2 Å². The van der Waals surface area contributed by atoms with Crippen molar-refractivity contribution in [3.63, 3.8) is 0 Å². The van der Waals surface area contributed by atoms with Crippen LogP contribution in [0, 0.1) is 0 Å². The Bertz CT molecular complexity index is 1350. The fourth-order valence-electron chi connectivity index (χ4n) is 4.72. The number of aromatic nitrogens is 1. The molecule has 5 nitrogen and oxygen atoms in total. The lowest BCUT2D eigenvalue weighted by Crippen LogP contribution is -2.11. The number of ether oxygens (including phenoxy) is 1. The van der Waals surface area contributed by atoms with Gasteiger partial charge in [-0.15, -0.1) is 11.3 Å². The van der Waals surface area contributed by atoms with Crippen molar-refractivity contribution in [1.29, 1.82) is 0 Å². The largest absolute Gasteiger partial charge is 0.427 e. The third-order valence-electron chi connectivity index (χ3n) is 6.58. The third kappa shape index (κ3) is 5.71. The summed E-state index contributed by atoms with van der Waals surface area (Å²) in [6.45, 7) is 1.37. The third-order valence-corrected chi connectivity index (χ3v) is 7.34. The summed E-state index contributed by atoms with van der Waals surface area (Å²) in [5.74, 6) is 0.606. The Hall–Kier alpha value is -3.77. The molecule has 1 saturated carbocycles. The number of carbonyl (C=O) groups is 2. The number of nitrogens with zero attached hydrogens (tertiary/aromatic N) is 1. The van der Waals surface area contributed by atoms with Crippen LogP contribution in [0.25, 0.3) is 22.4 Å². The van der Waals surface area contributed by atoms with Gasteiger partial charge in [0.25, 0.3) is 5.91 Å². The Morgan fingerprint density at radius 3 is 2.33 bits per heavy atom. The molecule has 5 rings (SSSR count). The molecule has 182 valence electrons. The van der Waals surface area contributed by atoms with Crippen LogP contribution in [-0.2, 0) is 4.79 Å².